The number of fused-ring (bicyclic) bond motifs is 1. The quantitative estimate of drug-likeness (QED) is 0.433. The zero-order chi connectivity index (χ0) is 22.3. The molecule has 1 N–H and O–H groups in total. The van der Waals surface area contributed by atoms with Gasteiger partial charge in [0.2, 0.25) is 0 Å². The minimum atomic E-state index is -4.69. The zero-order valence-electron chi connectivity index (χ0n) is 15.9. The number of hydrogen-bond donors (Lipinski definition) is 1. The summed E-state index contributed by atoms with van der Waals surface area (Å²) in [5.41, 5.74) is -1.08. The molecule has 4 aromatic rings. The second-order valence-corrected chi connectivity index (χ2v) is 7.49. The summed E-state index contributed by atoms with van der Waals surface area (Å²) in [6, 6.07) is 7.54. The maximum Gasteiger partial charge on any atom is 0.435 e. The molecule has 0 aliphatic heterocycles. The third kappa shape index (κ3) is 3.98. The van der Waals surface area contributed by atoms with Crippen LogP contribution in [-0.2, 0) is 12.7 Å². The lowest BCUT2D eigenvalue weighted by molar-refractivity contribution is -0.141. The first kappa shape index (κ1) is 21.2. The van der Waals surface area contributed by atoms with Gasteiger partial charge in [0, 0.05) is 18.6 Å². The summed E-state index contributed by atoms with van der Waals surface area (Å²) in [5, 5.41) is 2.80. The third-order valence-corrected chi connectivity index (χ3v) is 5.33. The minimum absolute atomic E-state index is 0.0182. The number of carbonyl (C=O) groups is 1. The van der Waals surface area contributed by atoms with Gasteiger partial charge in [0.15, 0.2) is 11.3 Å². The van der Waals surface area contributed by atoms with E-state index in [2.05, 4.69) is 15.3 Å². The first-order valence-electron chi connectivity index (χ1n) is 8.97. The number of alkyl halides is 3. The maximum atomic E-state index is 13.8. The highest BCUT2D eigenvalue weighted by atomic mass is 35.5. The lowest BCUT2D eigenvalue weighted by Gasteiger charge is -2.11. The van der Waals surface area contributed by atoms with Crippen LogP contribution < -0.4 is 5.32 Å². The number of pyridine rings is 1. The van der Waals surface area contributed by atoms with Gasteiger partial charge in [-0.2, -0.15) is 13.2 Å². The Hall–Kier alpha value is -3.04. The van der Waals surface area contributed by atoms with Crippen molar-refractivity contribution in [3.8, 4) is 0 Å². The molecular weight excluding hydrogens is 454 g/mol. The SMILES string of the molecule is Cc1nccn1Cc1c(C(F)(F)F)nc2c(NC(=O)c3c(Cl)cccc3Cl)cccn12. The van der Waals surface area contributed by atoms with Gasteiger partial charge < -0.3 is 9.88 Å². The predicted octanol–water partition coefficient (Wildman–Crippen LogP) is 5.47. The molecule has 3 heterocycles. The number of amides is 1. The van der Waals surface area contributed by atoms with Gasteiger partial charge in [0.25, 0.3) is 5.91 Å². The van der Waals surface area contributed by atoms with E-state index in [9.17, 15) is 18.0 Å². The van der Waals surface area contributed by atoms with E-state index >= 15 is 0 Å². The number of nitrogens with one attached hydrogen (secondary N) is 1. The molecule has 1 amide bonds. The second-order valence-electron chi connectivity index (χ2n) is 6.67. The van der Waals surface area contributed by atoms with Crippen molar-refractivity contribution in [1.29, 1.82) is 0 Å². The standard InChI is InChI=1S/C20H14Cl2F3N5O/c1-11-26-7-9-29(11)10-15-17(20(23,24)25)28-18-14(6-3-8-30(15)18)27-19(31)16-12(21)4-2-5-13(16)22/h2-9H,10H2,1H3,(H,27,31). The smallest absolute Gasteiger partial charge is 0.329 e. The topological polar surface area (TPSA) is 64.2 Å². The van der Waals surface area contributed by atoms with Crippen molar-refractivity contribution >= 4 is 40.4 Å². The van der Waals surface area contributed by atoms with Crippen molar-refractivity contribution in [2.45, 2.75) is 19.6 Å². The number of nitrogens with zero attached hydrogens (tertiary/aromatic N) is 4. The molecule has 11 heteroatoms. The normalized spacial score (nSPS) is 11.8. The number of carbonyl (C=O) groups excluding carboxylic acids is 1. The Labute approximate surface area is 184 Å². The highest BCUT2D eigenvalue weighted by Gasteiger charge is 2.38. The maximum absolute atomic E-state index is 13.8. The number of imidazole rings is 2. The van der Waals surface area contributed by atoms with E-state index in [-0.39, 0.29) is 39.2 Å². The Balaban J connectivity index is 1.81. The van der Waals surface area contributed by atoms with Crippen LogP contribution in [0, 0.1) is 6.92 Å². The first-order chi connectivity index (χ1) is 14.7. The highest BCUT2D eigenvalue weighted by molar-refractivity contribution is 6.40. The zero-order valence-corrected chi connectivity index (χ0v) is 17.4. The van der Waals surface area contributed by atoms with Crippen LogP contribution in [0.5, 0.6) is 0 Å². The molecule has 3 aromatic heterocycles. The average Bonchev–Trinajstić information content (AvgIpc) is 3.26. The van der Waals surface area contributed by atoms with E-state index < -0.39 is 17.8 Å². The van der Waals surface area contributed by atoms with E-state index in [4.69, 9.17) is 23.2 Å². The van der Waals surface area contributed by atoms with Crippen molar-refractivity contribution < 1.29 is 18.0 Å². The van der Waals surface area contributed by atoms with E-state index in [1.165, 1.54) is 41.1 Å². The van der Waals surface area contributed by atoms with Crippen LogP contribution in [0.4, 0.5) is 18.9 Å². The van der Waals surface area contributed by atoms with E-state index in [0.717, 1.165) is 0 Å². The van der Waals surface area contributed by atoms with Crippen molar-refractivity contribution in [2.24, 2.45) is 0 Å². The Kier molecular flexibility index (Phi) is 5.40. The van der Waals surface area contributed by atoms with Crippen LogP contribution in [0.25, 0.3) is 5.65 Å². The molecule has 4 rings (SSSR count). The second kappa shape index (κ2) is 7.90. The molecule has 0 spiro atoms. The van der Waals surface area contributed by atoms with Gasteiger partial charge in [-0.3, -0.25) is 9.20 Å². The molecule has 0 aliphatic carbocycles. The first-order valence-corrected chi connectivity index (χ1v) is 9.72. The summed E-state index contributed by atoms with van der Waals surface area (Å²) in [6.45, 7) is 1.59. The summed E-state index contributed by atoms with van der Waals surface area (Å²) >= 11 is 12.1. The van der Waals surface area contributed by atoms with Crippen LogP contribution >= 0.6 is 23.2 Å². The fourth-order valence-electron chi connectivity index (χ4n) is 3.22. The van der Waals surface area contributed by atoms with Crippen LogP contribution in [0.1, 0.15) is 27.6 Å². The third-order valence-electron chi connectivity index (χ3n) is 4.70. The van der Waals surface area contributed by atoms with E-state index in [1.807, 2.05) is 0 Å². The van der Waals surface area contributed by atoms with Crippen molar-refractivity contribution in [1.82, 2.24) is 18.9 Å². The van der Waals surface area contributed by atoms with Crippen LogP contribution in [-0.4, -0.2) is 24.8 Å². The molecule has 1 aromatic carbocycles. The lowest BCUT2D eigenvalue weighted by Crippen LogP contribution is -2.14. The molecule has 31 heavy (non-hydrogen) atoms. The highest BCUT2D eigenvalue weighted by Crippen LogP contribution is 2.34. The molecule has 0 saturated heterocycles. The number of anilines is 1. The van der Waals surface area contributed by atoms with Gasteiger partial charge in [-0.15, -0.1) is 0 Å². The van der Waals surface area contributed by atoms with Crippen molar-refractivity contribution in [3.63, 3.8) is 0 Å². The molecule has 0 aliphatic rings. The van der Waals surface area contributed by atoms with Gasteiger partial charge in [0.05, 0.1) is 33.5 Å². The molecule has 0 unspecified atom stereocenters. The molecule has 0 saturated carbocycles. The van der Waals surface area contributed by atoms with E-state index in [0.29, 0.717) is 5.82 Å². The van der Waals surface area contributed by atoms with Gasteiger partial charge >= 0.3 is 6.18 Å². The number of benzene rings is 1. The van der Waals surface area contributed by atoms with Gasteiger partial charge in [0.1, 0.15) is 5.82 Å². The monoisotopic (exact) mass is 467 g/mol. The molecule has 160 valence electrons. The fraction of sp³-hybridized carbons (Fsp3) is 0.150. The van der Waals surface area contributed by atoms with Crippen molar-refractivity contribution in [2.75, 3.05) is 5.32 Å². The molecule has 6 nitrogen and oxygen atoms in total. The number of aryl methyl sites for hydroxylation is 1. The van der Waals surface area contributed by atoms with Gasteiger partial charge in [-0.1, -0.05) is 29.3 Å². The number of rotatable bonds is 4. The summed E-state index contributed by atoms with van der Waals surface area (Å²) in [5.74, 6) is -0.104. The molecule has 0 bridgehead atoms. The van der Waals surface area contributed by atoms with Crippen LogP contribution in [0.15, 0.2) is 48.9 Å². The molecular formula is C20H14Cl2F3N5O. The molecule has 0 fully saturated rings. The fourth-order valence-corrected chi connectivity index (χ4v) is 3.79. The van der Waals surface area contributed by atoms with E-state index in [1.54, 1.807) is 23.8 Å². The lowest BCUT2D eigenvalue weighted by atomic mass is 10.2. The summed E-state index contributed by atoms with van der Waals surface area (Å²) in [4.78, 5) is 20.6. The van der Waals surface area contributed by atoms with Gasteiger partial charge in [-0.25, -0.2) is 9.97 Å². The molecule has 0 radical (unpaired) electrons. The predicted molar refractivity (Wildman–Crippen MR) is 111 cm³/mol. The Morgan fingerprint density at radius 3 is 2.45 bits per heavy atom. The Bertz CT molecular complexity index is 1280. The number of halogens is 5. The Morgan fingerprint density at radius 2 is 1.84 bits per heavy atom. The van der Waals surface area contributed by atoms with Gasteiger partial charge in [-0.05, 0) is 31.2 Å². The molecule has 0 atom stereocenters. The number of hydrogen-bond acceptors (Lipinski definition) is 3. The summed E-state index contributed by atoms with van der Waals surface area (Å²) in [6.07, 6.45) is -0.148. The van der Waals surface area contributed by atoms with Crippen LogP contribution in [0.3, 0.4) is 0 Å². The summed E-state index contributed by atoms with van der Waals surface area (Å²) in [7, 11) is 0. The number of aromatic nitrogens is 4. The van der Waals surface area contributed by atoms with Crippen LogP contribution in [0.2, 0.25) is 10.0 Å². The Morgan fingerprint density at radius 1 is 1.13 bits per heavy atom. The van der Waals surface area contributed by atoms with Crippen molar-refractivity contribution in [3.05, 3.63) is 81.7 Å². The minimum Gasteiger partial charge on any atom is -0.329 e. The average molecular weight is 468 g/mol. The summed E-state index contributed by atoms with van der Waals surface area (Å²) < 4.78 is 44.1. The largest absolute Gasteiger partial charge is 0.435 e.